The quantitative estimate of drug-likeness (QED) is 0.289. The minimum Gasteiger partial charge on any atom is -0.299 e. The Balaban J connectivity index is 1.31. The van der Waals surface area contributed by atoms with Crippen molar-refractivity contribution < 1.29 is 8.78 Å². The lowest BCUT2D eigenvalue weighted by atomic mass is 9.98. The molecule has 3 aromatic rings. The smallest absolute Gasteiger partial charge is 0.123 e. The molecule has 3 atom stereocenters. The number of hydrogen-bond donors (Lipinski definition) is 0. The van der Waals surface area contributed by atoms with Crippen LogP contribution in [0.25, 0.3) is 0 Å². The first-order valence-electron chi connectivity index (χ1n) is 13.0. The molecule has 0 spiro atoms. The van der Waals surface area contributed by atoms with Crippen LogP contribution >= 0.6 is 11.8 Å². The predicted octanol–water partition coefficient (Wildman–Crippen LogP) is 7.06. The van der Waals surface area contributed by atoms with Crippen LogP contribution in [0.3, 0.4) is 0 Å². The van der Waals surface area contributed by atoms with E-state index in [4.69, 9.17) is 0 Å². The van der Waals surface area contributed by atoms with Crippen molar-refractivity contribution in [2.45, 2.75) is 44.5 Å². The second-order valence-electron chi connectivity index (χ2n) is 10.3. The van der Waals surface area contributed by atoms with Gasteiger partial charge in [0.15, 0.2) is 0 Å². The van der Waals surface area contributed by atoms with Crippen LogP contribution in [-0.2, 0) is 6.42 Å². The summed E-state index contributed by atoms with van der Waals surface area (Å²) in [6.07, 6.45) is 1.12. The first-order chi connectivity index (χ1) is 17.4. The topological polar surface area (TPSA) is 6.48 Å². The van der Waals surface area contributed by atoms with Crippen molar-refractivity contribution in [1.29, 1.82) is 0 Å². The monoisotopic (exact) mass is 508 g/mol. The van der Waals surface area contributed by atoms with E-state index in [2.05, 4.69) is 60.9 Å². The average Bonchev–Trinajstić information content (AvgIpc) is 2.86. The van der Waals surface area contributed by atoms with E-state index < -0.39 is 0 Å². The summed E-state index contributed by atoms with van der Waals surface area (Å²) in [6, 6.07) is 25.2. The van der Waals surface area contributed by atoms with Gasteiger partial charge in [0.05, 0.1) is 5.25 Å². The van der Waals surface area contributed by atoms with Crippen molar-refractivity contribution in [3.8, 4) is 0 Å². The molecule has 192 valence electrons. The highest BCUT2D eigenvalue weighted by Crippen LogP contribution is 2.36. The Bertz CT molecular complexity index is 1000. The van der Waals surface area contributed by atoms with Gasteiger partial charge in [0.1, 0.15) is 11.6 Å². The molecule has 1 fully saturated rings. The molecule has 0 aliphatic carbocycles. The van der Waals surface area contributed by atoms with E-state index in [1.165, 1.54) is 29.8 Å². The SMILES string of the molecule is CC(Cc1ccccc1)CN1[C@H](C)CN(CCSC(c2ccc(F)cc2)c2ccc(F)cc2)C[C@@H]1C. The van der Waals surface area contributed by atoms with Gasteiger partial charge in [-0.3, -0.25) is 9.80 Å². The van der Waals surface area contributed by atoms with Crippen LogP contribution < -0.4 is 0 Å². The van der Waals surface area contributed by atoms with Gasteiger partial charge < -0.3 is 0 Å². The first-order valence-corrected chi connectivity index (χ1v) is 14.1. The number of benzene rings is 3. The van der Waals surface area contributed by atoms with E-state index in [1.807, 2.05) is 36.0 Å². The molecule has 4 rings (SSSR count). The lowest BCUT2D eigenvalue weighted by Crippen LogP contribution is -2.57. The number of halogens is 2. The van der Waals surface area contributed by atoms with Crippen molar-refractivity contribution in [2.75, 3.05) is 31.9 Å². The number of hydrogen-bond acceptors (Lipinski definition) is 3. The maximum Gasteiger partial charge on any atom is 0.123 e. The zero-order chi connectivity index (χ0) is 25.5. The molecule has 0 saturated carbocycles. The maximum atomic E-state index is 13.5. The zero-order valence-electron chi connectivity index (χ0n) is 21.6. The number of nitrogens with zero attached hydrogens (tertiary/aromatic N) is 2. The molecule has 0 aromatic heterocycles. The Morgan fingerprint density at radius 2 is 1.33 bits per heavy atom. The van der Waals surface area contributed by atoms with E-state index >= 15 is 0 Å². The van der Waals surface area contributed by atoms with Gasteiger partial charge >= 0.3 is 0 Å². The first kappa shape index (κ1) is 26.8. The van der Waals surface area contributed by atoms with E-state index in [9.17, 15) is 8.78 Å². The van der Waals surface area contributed by atoms with Crippen molar-refractivity contribution in [2.24, 2.45) is 5.92 Å². The lowest BCUT2D eigenvalue weighted by Gasteiger charge is -2.45. The summed E-state index contributed by atoms with van der Waals surface area (Å²) in [5, 5.41) is 0.0566. The predicted molar refractivity (Wildman–Crippen MR) is 148 cm³/mol. The van der Waals surface area contributed by atoms with Crippen molar-refractivity contribution in [3.05, 3.63) is 107 Å². The molecule has 1 heterocycles. The molecule has 0 amide bonds. The third-order valence-electron chi connectivity index (χ3n) is 7.16. The Hall–Kier alpha value is -2.21. The molecule has 0 N–H and O–H groups in total. The minimum absolute atomic E-state index is 0.0566. The van der Waals surface area contributed by atoms with Crippen LogP contribution in [0.4, 0.5) is 8.78 Å². The normalized spacial score (nSPS) is 20.1. The standard InChI is InChI=1S/C31H38F2N2S/c1-23(19-26-7-5-4-6-8-26)20-35-24(2)21-34(22-25(35)3)17-18-36-31(27-9-13-29(32)14-10-27)28-11-15-30(33)16-12-28/h4-16,23-25,31H,17-22H2,1-3H3/t23?,24-,25+. The summed E-state index contributed by atoms with van der Waals surface area (Å²) in [5.41, 5.74) is 3.51. The summed E-state index contributed by atoms with van der Waals surface area (Å²) in [7, 11) is 0. The van der Waals surface area contributed by atoms with E-state index in [-0.39, 0.29) is 16.9 Å². The van der Waals surface area contributed by atoms with Gasteiger partial charge in [0.25, 0.3) is 0 Å². The van der Waals surface area contributed by atoms with Gasteiger partial charge in [0.2, 0.25) is 0 Å². The van der Waals surface area contributed by atoms with E-state index in [1.54, 1.807) is 0 Å². The number of thioether (sulfide) groups is 1. The van der Waals surface area contributed by atoms with Crippen LogP contribution in [0.5, 0.6) is 0 Å². The van der Waals surface area contributed by atoms with Crippen molar-refractivity contribution >= 4 is 11.8 Å². The fourth-order valence-corrected chi connectivity index (χ4v) is 6.71. The molecule has 1 unspecified atom stereocenters. The summed E-state index contributed by atoms with van der Waals surface area (Å²) < 4.78 is 27.1. The third-order valence-corrected chi connectivity index (χ3v) is 8.46. The van der Waals surface area contributed by atoms with Crippen LogP contribution in [0, 0.1) is 17.6 Å². The van der Waals surface area contributed by atoms with Crippen LogP contribution in [-0.4, -0.2) is 53.8 Å². The summed E-state index contributed by atoms with van der Waals surface area (Å²) in [6.45, 7) is 11.3. The highest BCUT2D eigenvalue weighted by Gasteiger charge is 2.30. The summed E-state index contributed by atoms with van der Waals surface area (Å²) in [4.78, 5) is 5.25. The van der Waals surface area contributed by atoms with Gasteiger partial charge in [-0.15, -0.1) is 11.8 Å². The van der Waals surface area contributed by atoms with Crippen LogP contribution in [0.1, 0.15) is 42.7 Å². The molecule has 1 aliphatic rings. The van der Waals surface area contributed by atoms with Crippen LogP contribution in [0.15, 0.2) is 78.9 Å². The third kappa shape index (κ3) is 7.41. The van der Waals surface area contributed by atoms with Crippen LogP contribution in [0.2, 0.25) is 0 Å². The molecule has 0 radical (unpaired) electrons. The van der Waals surface area contributed by atoms with Gasteiger partial charge in [-0.05, 0) is 67.1 Å². The molecule has 5 heteroatoms. The number of piperazine rings is 1. The largest absolute Gasteiger partial charge is 0.299 e. The number of rotatable bonds is 10. The Morgan fingerprint density at radius 3 is 1.86 bits per heavy atom. The fraction of sp³-hybridized carbons (Fsp3) is 0.419. The zero-order valence-corrected chi connectivity index (χ0v) is 22.4. The molecule has 0 bridgehead atoms. The molecular weight excluding hydrogens is 470 g/mol. The lowest BCUT2D eigenvalue weighted by molar-refractivity contribution is 0.0322. The highest BCUT2D eigenvalue weighted by molar-refractivity contribution is 7.99. The fourth-order valence-electron chi connectivity index (χ4n) is 5.41. The van der Waals surface area contributed by atoms with E-state index in [0.29, 0.717) is 18.0 Å². The second kappa shape index (κ2) is 12.8. The van der Waals surface area contributed by atoms with Gasteiger partial charge in [0, 0.05) is 44.0 Å². The highest BCUT2D eigenvalue weighted by atomic mass is 32.2. The molecule has 36 heavy (non-hydrogen) atoms. The van der Waals surface area contributed by atoms with Gasteiger partial charge in [-0.25, -0.2) is 8.78 Å². The van der Waals surface area contributed by atoms with E-state index in [0.717, 1.165) is 49.5 Å². The molecule has 1 aliphatic heterocycles. The molecule has 2 nitrogen and oxygen atoms in total. The molecule has 3 aromatic carbocycles. The van der Waals surface area contributed by atoms with Crippen molar-refractivity contribution in [1.82, 2.24) is 9.80 Å². The maximum absolute atomic E-state index is 13.5. The van der Waals surface area contributed by atoms with Gasteiger partial charge in [-0.2, -0.15) is 0 Å². The average molecular weight is 509 g/mol. The minimum atomic E-state index is -0.236. The summed E-state index contributed by atoms with van der Waals surface area (Å²) in [5.74, 6) is 1.11. The molecular formula is C31H38F2N2S. The Morgan fingerprint density at radius 1 is 0.806 bits per heavy atom. The summed E-state index contributed by atoms with van der Waals surface area (Å²) >= 11 is 1.85. The Kier molecular flexibility index (Phi) is 9.58. The van der Waals surface area contributed by atoms with Gasteiger partial charge in [-0.1, -0.05) is 61.5 Å². The Labute approximate surface area is 219 Å². The molecule has 1 saturated heterocycles. The van der Waals surface area contributed by atoms with Crippen molar-refractivity contribution in [3.63, 3.8) is 0 Å². The second-order valence-corrected chi connectivity index (χ2v) is 11.5.